The highest BCUT2D eigenvalue weighted by molar-refractivity contribution is 7.22. The van der Waals surface area contributed by atoms with Crippen LogP contribution >= 0.6 is 11.3 Å². The highest BCUT2D eigenvalue weighted by Gasteiger charge is 2.49. The summed E-state index contributed by atoms with van der Waals surface area (Å²) >= 11 is 1.23. The van der Waals surface area contributed by atoms with Gasteiger partial charge in [-0.1, -0.05) is 72.0 Å². The van der Waals surface area contributed by atoms with Crippen LogP contribution in [0.15, 0.2) is 84.4 Å². The SMILES string of the molecule is O=C1C(=O)N(c2nc3ccccc3s2)[C@H](c2ccccc2F)C1=C(O)c1ccccc1. The van der Waals surface area contributed by atoms with Crippen molar-refractivity contribution in [2.45, 2.75) is 6.04 Å². The zero-order chi connectivity index (χ0) is 21.5. The summed E-state index contributed by atoms with van der Waals surface area (Å²) in [6, 6.07) is 20.5. The van der Waals surface area contributed by atoms with Gasteiger partial charge in [-0.2, -0.15) is 0 Å². The van der Waals surface area contributed by atoms with Crippen LogP contribution in [-0.4, -0.2) is 21.8 Å². The van der Waals surface area contributed by atoms with Gasteiger partial charge in [0, 0.05) is 11.1 Å². The molecule has 0 aliphatic carbocycles. The van der Waals surface area contributed by atoms with Crippen molar-refractivity contribution in [3.05, 3.63) is 101 Å². The van der Waals surface area contributed by atoms with Gasteiger partial charge in [0.25, 0.3) is 5.78 Å². The number of halogens is 1. The summed E-state index contributed by atoms with van der Waals surface area (Å²) in [6.07, 6.45) is 0. The number of ketones is 1. The third-order valence-corrected chi connectivity index (χ3v) is 6.22. The predicted octanol–water partition coefficient (Wildman–Crippen LogP) is 5.06. The molecule has 1 aromatic heterocycles. The molecule has 1 aliphatic rings. The van der Waals surface area contributed by atoms with Crippen molar-refractivity contribution in [1.29, 1.82) is 0 Å². The number of anilines is 1. The Morgan fingerprint density at radius 1 is 0.935 bits per heavy atom. The first kappa shape index (κ1) is 19.1. The molecule has 1 fully saturated rings. The van der Waals surface area contributed by atoms with Crippen molar-refractivity contribution in [3.8, 4) is 0 Å². The molecule has 1 N–H and O–H groups in total. The normalized spacial score (nSPS) is 18.1. The van der Waals surface area contributed by atoms with E-state index in [2.05, 4.69) is 4.98 Å². The number of carbonyl (C=O) groups is 2. The molecule has 1 aliphatic heterocycles. The van der Waals surface area contributed by atoms with Crippen molar-refractivity contribution in [2.75, 3.05) is 4.90 Å². The van der Waals surface area contributed by atoms with E-state index in [1.165, 1.54) is 34.4 Å². The standard InChI is InChI=1S/C24H15FN2O3S/c25-16-11-5-4-10-15(16)20-19(21(28)14-8-2-1-3-9-14)22(29)23(30)27(20)24-26-17-12-6-7-13-18(17)31-24/h1-13,20,28H/t20-/m1/s1. The molecule has 0 saturated carbocycles. The van der Waals surface area contributed by atoms with Gasteiger partial charge in [0.05, 0.1) is 15.8 Å². The first-order valence-electron chi connectivity index (χ1n) is 9.52. The van der Waals surface area contributed by atoms with E-state index in [-0.39, 0.29) is 22.0 Å². The molecule has 7 heteroatoms. The Morgan fingerprint density at radius 3 is 2.35 bits per heavy atom. The number of nitrogens with zero attached hydrogens (tertiary/aromatic N) is 2. The van der Waals surface area contributed by atoms with Crippen LogP contribution < -0.4 is 4.90 Å². The molecule has 0 radical (unpaired) electrons. The van der Waals surface area contributed by atoms with Crippen LogP contribution in [0.1, 0.15) is 17.2 Å². The zero-order valence-corrected chi connectivity index (χ0v) is 16.8. The van der Waals surface area contributed by atoms with Crippen LogP contribution in [-0.2, 0) is 9.59 Å². The molecule has 152 valence electrons. The Balaban J connectivity index is 1.77. The molecule has 1 saturated heterocycles. The molecular weight excluding hydrogens is 415 g/mol. The summed E-state index contributed by atoms with van der Waals surface area (Å²) < 4.78 is 15.7. The number of carbonyl (C=O) groups excluding carboxylic acids is 2. The number of rotatable bonds is 3. The lowest BCUT2D eigenvalue weighted by atomic mass is 9.95. The van der Waals surface area contributed by atoms with Crippen molar-refractivity contribution >= 4 is 44.1 Å². The van der Waals surface area contributed by atoms with Gasteiger partial charge >= 0.3 is 5.91 Å². The third kappa shape index (κ3) is 3.10. The van der Waals surface area contributed by atoms with Gasteiger partial charge in [0.15, 0.2) is 5.13 Å². The van der Waals surface area contributed by atoms with E-state index < -0.39 is 23.5 Å². The molecule has 5 nitrogen and oxygen atoms in total. The van der Waals surface area contributed by atoms with Crippen LogP contribution in [0, 0.1) is 5.82 Å². The van der Waals surface area contributed by atoms with E-state index in [1.54, 1.807) is 42.5 Å². The summed E-state index contributed by atoms with van der Waals surface area (Å²) in [4.78, 5) is 31.8. The van der Waals surface area contributed by atoms with Gasteiger partial charge in [-0.15, -0.1) is 0 Å². The van der Waals surface area contributed by atoms with Crippen LogP contribution in [0.25, 0.3) is 16.0 Å². The van der Waals surface area contributed by atoms with E-state index in [4.69, 9.17) is 0 Å². The molecule has 0 bridgehead atoms. The molecule has 5 rings (SSSR count). The maximum Gasteiger partial charge on any atom is 0.301 e. The number of aromatic nitrogens is 1. The summed E-state index contributed by atoms with van der Waals surface area (Å²) in [5.74, 6) is -2.67. The fourth-order valence-electron chi connectivity index (χ4n) is 3.74. The lowest BCUT2D eigenvalue weighted by molar-refractivity contribution is -0.132. The fourth-order valence-corrected chi connectivity index (χ4v) is 4.73. The molecule has 1 atom stereocenters. The number of amides is 1. The Morgan fingerprint density at radius 2 is 1.61 bits per heavy atom. The highest BCUT2D eigenvalue weighted by Crippen LogP contribution is 2.44. The largest absolute Gasteiger partial charge is 0.507 e. The lowest BCUT2D eigenvalue weighted by Crippen LogP contribution is -2.29. The topological polar surface area (TPSA) is 70.5 Å². The van der Waals surface area contributed by atoms with Gasteiger partial charge in [-0.25, -0.2) is 9.37 Å². The smallest absolute Gasteiger partial charge is 0.301 e. The second-order valence-electron chi connectivity index (χ2n) is 7.02. The lowest BCUT2D eigenvalue weighted by Gasteiger charge is -2.23. The maximum absolute atomic E-state index is 14.9. The molecule has 4 aromatic rings. The third-order valence-electron chi connectivity index (χ3n) is 5.18. The predicted molar refractivity (Wildman–Crippen MR) is 117 cm³/mol. The van der Waals surface area contributed by atoms with Crippen molar-refractivity contribution < 1.29 is 19.1 Å². The Labute approximate surface area is 180 Å². The molecule has 3 aromatic carbocycles. The fraction of sp³-hybridized carbons (Fsp3) is 0.0417. The number of benzene rings is 3. The van der Waals surface area contributed by atoms with Crippen LogP contribution in [0.2, 0.25) is 0 Å². The van der Waals surface area contributed by atoms with Crippen LogP contribution in [0.5, 0.6) is 0 Å². The molecule has 0 unspecified atom stereocenters. The summed E-state index contributed by atoms with van der Waals surface area (Å²) in [5.41, 5.74) is 0.977. The number of para-hydroxylation sites is 1. The van der Waals surface area contributed by atoms with E-state index in [9.17, 15) is 19.1 Å². The summed E-state index contributed by atoms with van der Waals surface area (Å²) in [5, 5.41) is 11.2. The average molecular weight is 430 g/mol. The van der Waals surface area contributed by atoms with Crippen LogP contribution in [0.4, 0.5) is 9.52 Å². The summed E-state index contributed by atoms with van der Waals surface area (Å²) in [7, 11) is 0. The van der Waals surface area contributed by atoms with Crippen molar-refractivity contribution in [1.82, 2.24) is 4.98 Å². The van der Waals surface area contributed by atoms with Crippen LogP contribution in [0.3, 0.4) is 0 Å². The maximum atomic E-state index is 14.9. The minimum Gasteiger partial charge on any atom is -0.507 e. The number of thiazole rings is 1. The minimum absolute atomic E-state index is 0.110. The van der Waals surface area contributed by atoms with E-state index in [1.807, 2.05) is 18.2 Å². The number of aliphatic hydroxyl groups excluding tert-OH is 1. The van der Waals surface area contributed by atoms with E-state index in [0.29, 0.717) is 11.1 Å². The number of Topliss-reactive ketones (excluding diaryl/α,β-unsaturated/α-hetero) is 1. The Kier molecular flexibility index (Phi) is 4.60. The van der Waals surface area contributed by atoms with Gasteiger partial charge in [0.1, 0.15) is 17.6 Å². The van der Waals surface area contributed by atoms with Gasteiger partial charge < -0.3 is 5.11 Å². The first-order valence-corrected chi connectivity index (χ1v) is 10.3. The molecule has 2 heterocycles. The van der Waals surface area contributed by atoms with E-state index >= 15 is 0 Å². The first-order chi connectivity index (χ1) is 15.1. The average Bonchev–Trinajstić information content (AvgIpc) is 3.33. The Hall–Kier alpha value is -3.84. The van der Waals surface area contributed by atoms with Gasteiger partial charge in [-0.05, 0) is 18.2 Å². The Bertz CT molecular complexity index is 1330. The number of fused-ring (bicyclic) bond motifs is 1. The number of hydrogen-bond donors (Lipinski definition) is 1. The second kappa shape index (κ2) is 7.45. The number of hydrogen-bond acceptors (Lipinski definition) is 5. The quantitative estimate of drug-likeness (QED) is 0.280. The van der Waals surface area contributed by atoms with Gasteiger partial charge in [-0.3, -0.25) is 14.5 Å². The highest BCUT2D eigenvalue weighted by atomic mass is 32.1. The van der Waals surface area contributed by atoms with Crippen molar-refractivity contribution in [3.63, 3.8) is 0 Å². The second-order valence-corrected chi connectivity index (χ2v) is 8.03. The molecular formula is C24H15FN2O3S. The monoisotopic (exact) mass is 430 g/mol. The van der Waals surface area contributed by atoms with Gasteiger partial charge in [0.2, 0.25) is 0 Å². The molecule has 31 heavy (non-hydrogen) atoms. The number of aliphatic hydroxyl groups is 1. The molecule has 0 spiro atoms. The minimum atomic E-state index is -1.14. The zero-order valence-electron chi connectivity index (χ0n) is 16.0. The van der Waals surface area contributed by atoms with Crippen molar-refractivity contribution in [2.24, 2.45) is 0 Å². The molecule has 1 amide bonds. The van der Waals surface area contributed by atoms with E-state index in [0.717, 1.165) is 4.70 Å². The summed E-state index contributed by atoms with van der Waals surface area (Å²) in [6.45, 7) is 0.